The largest absolute Gasteiger partial charge is 0.361 e. The molecule has 3 nitrogen and oxygen atoms in total. The molecule has 2 N–H and O–H groups in total. The van der Waals surface area contributed by atoms with Crippen molar-refractivity contribution in [3.8, 4) is 0 Å². The Bertz CT molecular complexity index is 903. The summed E-state index contributed by atoms with van der Waals surface area (Å²) in [6.45, 7) is 8.25. The van der Waals surface area contributed by atoms with Crippen LogP contribution in [0.4, 0.5) is 0 Å². The highest BCUT2D eigenvalue weighted by molar-refractivity contribution is 5.87. The predicted octanol–water partition coefficient (Wildman–Crippen LogP) is 5.36. The van der Waals surface area contributed by atoms with Gasteiger partial charge in [-0.15, -0.1) is 0 Å². The van der Waals surface area contributed by atoms with Crippen LogP contribution in [0.2, 0.25) is 0 Å². The summed E-state index contributed by atoms with van der Waals surface area (Å²) in [5, 5.41) is 4.35. The number of aryl methyl sites for hydroxylation is 1. The highest BCUT2D eigenvalue weighted by Crippen LogP contribution is 2.32. The SMILES string of the molecule is CCc1cccc2c(C(CC(=O)NC(C)(C)C)Cc3ccccc3)c[nH]c12. The highest BCUT2D eigenvalue weighted by atomic mass is 16.1. The van der Waals surface area contributed by atoms with Crippen LogP contribution in [0.15, 0.2) is 54.7 Å². The summed E-state index contributed by atoms with van der Waals surface area (Å²) in [7, 11) is 0. The molecule has 0 radical (unpaired) electrons. The third kappa shape index (κ3) is 4.79. The van der Waals surface area contributed by atoms with E-state index in [2.05, 4.69) is 65.9 Å². The fourth-order valence-electron chi connectivity index (χ4n) is 3.75. The van der Waals surface area contributed by atoms with E-state index in [1.807, 2.05) is 26.8 Å². The number of carbonyl (C=O) groups excluding carboxylic acids is 1. The smallest absolute Gasteiger partial charge is 0.221 e. The molecule has 1 amide bonds. The Kier molecular flexibility index (Phi) is 5.69. The predicted molar refractivity (Wildman–Crippen MR) is 113 cm³/mol. The number of rotatable bonds is 6. The van der Waals surface area contributed by atoms with Crippen molar-refractivity contribution in [1.29, 1.82) is 0 Å². The number of aromatic nitrogens is 1. The fraction of sp³-hybridized carbons (Fsp3) is 0.375. The van der Waals surface area contributed by atoms with Crippen LogP contribution in [0, 0.1) is 0 Å². The zero-order valence-electron chi connectivity index (χ0n) is 16.8. The molecule has 3 rings (SSSR count). The van der Waals surface area contributed by atoms with Crippen LogP contribution in [0.1, 0.15) is 56.7 Å². The van der Waals surface area contributed by atoms with E-state index in [9.17, 15) is 4.79 Å². The minimum absolute atomic E-state index is 0.101. The summed E-state index contributed by atoms with van der Waals surface area (Å²) in [6, 6.07) is 16.9. The van der Waals surface area contributed by atoms with E-state index in [0.29, 0.717) is 6.42 Å². The molecule has 2 aromatic carbocycles. The maximum absolute atomic E-state index is 12.7. The molecule has 27 heavy (non-hydrogen) atoms. The first-order chi connectivity index (χ1) is 12.9. The zero-order valence-corrected chi connectivity index (χ0v) is 16.8. The Morgan fingerprint density at radius 3 is 2.48 bits per heavy atom. The Balaban J connectivity index is 1.95. The van der Waals surface area contributed by atoms with Crippen LogP contribution in [0.5, 0.6) is 0 Å². The molecule has 0 aliphatic rings. The Hall–Kier alpha value is -2.55. The highest BCUT2D eigenvalue weighted by Gasteiger charge is 2.23. The van der Waals surface area contributed by atoms with Crippen LogP contribution in [0.3, 0.4) is 0 Å². The number of amides is 1. The average molecular weight is 363 g/mol. The second-order valence-electron chi connectivity index (χ2n) is 8.33. The maximum Gasteiger partial charge on any atom is 0.221 e. The topological polar surface area (TPSA) is 44.9 Å². The van der Waals surface area contributed by atoms with Gasteiger partial charge in [0.25, 0.3) is 0 Å². The molecule has 142 valence electrons. The van der Waals surface area contributed by atoms with Gasteiger partial charge in [0.2, 0.25) is 5.91 Å². The molecule has 0 aliphatic carbocycles. The number of hydrogen-bond acceptors (Lipinski definition) is 1. The monoisotopic (exact) mass is 362 g/mol. The number of benzene rings is 2. The molecule has 0 fully saturated rings. The Labute approximate surface area is 162 Å². The van der Waals surface area contributed by atoms with Gasteiger partial charge in [-0.3, -0.25) is 4.79 Å². The van der Waals surface area contributed by atoms with Gasteiger partial charge < -0.3 is 10.3 Å². The van der Waals surface area contributed by atoms with Gasteiger partial charge in [-0.2, -0.15) is 0 Å². The van der Waals surface area contributed by atoms with E-state index in [4.69, 9.17) is 0 Å². The van der Waals surface area contributed by atoms with E-state index < -0.39 is 0 Å². The second-order valence-corrected chi connectivity index (χ2v) is 8.33. The van der Waals surface area contributed by atoms with Gasteiger partial charge in [-0.1, -0.05) is 55.5 Å². The van der Waals surface area contributed by atoms with Crippen LogP contribution in [0.25, 0.3) is 10.9 Å². The van der Waals surface area contributed by atoms with E-state index >= 15 is 0 Å². The molecule has 0 saturated heterocycles. The van der Waals surface area contributed by atoms with Gasteiger partial charge in [-0.25, -0.2) is 0 Å². The van der Waals surface area contributed by atoms with E-state index in [1.165, 1.54) is 27.6 Å². The van der Waals surface area contributed by atoms with Gasteiger partial charge in [0.1, 0.15) is 0 Å². The third-order valence-corrected chi connectivity index (χ3v) is 4.93. The van der Waals surface area contributed by atoms with Crippen molar-refractivity contribution in [3.63, 3.8) is 0 Å². The molecule has 0 spiro atoms. The quantitative estimate of drug-likeness (QED) is 0.609. The van der Waals surface area contributed by atoms with Crippen LogP contribution < -0.4 is 5.32 Å². The van der Waals surface area contributed by atoms with Crippen molar-refractivity contribution < 1.29 is 4.79 Å². The summed E-state index contributed by atoms with van der Waals surface area (Å²) in [5.41, 5.74) is 4.78. The zero-order chi connectivity index (χ0) is 19.4. The molecule has 3 aromatic rings. The lowest BCUT2D eigenvalue weighted by atomic mass is 9.88. The molecule has 1 aromatic heterocycles. The van der Waals surface area contributed by atoms with Gasteiger partial charge in [0.15, 0.2) is 0 Å². The number of para-hydroxylation sites is 1. The van der Waals surface area contributed by atoms with Gasteiger partial charge in [0, 0.05) is 29.1 Å². The molecular formula is C24H30N2O. The van der Waals surface area contributed by atoms with E-state index in [1.54, 1.807) is 0 Å². The third-order valence-electron chi connectivity index (χ3n) is 4.93. The first-order valence-electron chi connectivity index (χ1n) is 9.81. The maximum atomic E-state index is 12.7. The standard InChI is InChI=1S/C24H30N2O/c1-5-18-12-9-13-20-21(16-25-23(18)20)19(14-17-10-7-6-8-11-17)15-22(27)26-24(2,3)4/h6-13,16,19,25H,5,14-15H2,1-4H3,(H,26,27). The van der Waals surface area contributed by atoms with Crippen molar-refractivity contribution >= 4 is 16.8 Å². The lowest BCUT2D eigenvalue weighted by Crippen LogP contribution is -2.41. The lowest BCUT2D eigenvalue weighted by molar-refractivity contribution is -0.122. The lowest BCUT2D eigenvalue weighted by Gasteiger charge is -2.23. The first-order valence-corrected chi connectivity index (χ1v) is 9.81. The van der Waals surface area contributed by atoms with Crippen molar-refractivity contribution in [2.24, 2.45) is 0 Å². The minimum atomic E-state index is -0.218. The number of H-pyrrole nitrogens is 1. The minimum Gasteiger partial charge on any atom is -0.361 e. The molecule has 3 heteroatoms. The summed E-state index contributed by atoms with van der Waals surface area (Å²) >= 11 is 0. The Morgan fingerprint density at radius 2 is 1.81 bits per heavy atom. The van der Waals surface area contributed by atoms with Crippen molar-refractivity contribution in [3.05, 3.63) is 71.4 Å². The normalized spacial score (nSPS) is 12.9. The molecule has 1 atom stereocenters. The fourth-order valence-corrected chi connectivity index (χ4v) is 3.75. The summed E-state index contributed by atoms with van der Waals surface area (Å²) in [4.78, 5) is 16.2. The van der Waals surface area contributed by atoms with Crippen molar-refractivity contribution in [2.45, 2.75) is 58.4 Å². The summed E-state index contributed by atoms with van der Waals surface area (Å²) in [5.74, 6) is 0.236. The number of aromatic amines is 1. The molecule has 0 aliphatic heterocycles. The first kappa shape index (κ1) is 19.2. The van der Waals surface area contributed by atoms with E-state index in [-0.39, 0.29) is 17.4 Å². The average Bonchev–Trinajstić information content (AvgIpc) is 3.04. The molecule has 0 saturated carbocycles. The van der Waals surface area contributed by atoms with Gasteiger partial charge in [-0.05, 0) is 56.2 Å². The van der Waals surface area contributed by atoms with Gasteiger partial charge >= 0.3 is 0 Å². The molecule has 1 heterocycles. The molecule has 1 unspecified atom stereocenters. The van der Waals surface area contributed by atoms with Crippen LogP contribution >= 0.6 is 0 Å². The molecular weight excluding hydrogens is 332 g/mol. The van der Waals surface area contributed by atoms with Crippen molar-refractivity contribution in [2.75, 3.05) is 0 Å². The second kappa shape index (κ2) is 7.99. The van der Waals surface area contributed by atoms with Crippen LogP contribution in [-0.2, 0) is 17.6 Å². The van der Waals surface area contributed by atoms with Gasteiger partial charge in [0.05, 0.1) is 0 Å². The summed E-state index contributed by atoms with van der Waals surface area (Å²) < 4.78 is 0. The summed E-state index contributed by atoms with van der Waals surface area (Å²) in [6.07, 6.45) is 4.42. The van der Waals surface area contributed by atoms with E-state index in [0.717, 1.165) is 12.8 Å². The molecule has 0 bridgehead atoms. The number of carbonyl (C=O) groups is 1. The van der Waals surface area contributed by atoms with Crippen molar-refractivity contribution in [1.82, 2.24) is 10.3 Å². The van der Waals surface area contributed by atoms with Crippen LogP contribution in [-0.4, -0.2) is 16.4 Å². The Morgan fingerprint density at radius 1 is 1.07 bits per heavy atom. The number of nitrogens with one attached hydrogen (secondary N) is 2. The number of hydrogen-bond donors (Lipinski definition) is 2. The number of fused-ring (bicyclic) bond motifs is 1.